The van der Waals surface area contributed by atoms with E-state index in [0.717, 1.165) is 127 Å². The molecule has 0 amide bonds. The summed E-state index contributed by atoms with van der Waals surface area (Å²) < 4.78 is 87.2. The molecule has 0 bridgehead atoms. The molecule has 0 radical (unpaired) electrons. The predicted octanol–water partition coefficient (Wildman–Crippen LogP) is 30.9. The lowest BCUT2D eigenvalue weighted by atomic mass is 9.33. The minimum Gasteiger partial charge on any atom is -0.311 e. The molecule has 11 nitrogen and oxygen atoms in total. The molecule has 0 saturated carbocycles. The number of fused-ring (bicyclic) bond motifs is 13. The summed E-state index contributed by atoms with van der Waals surface area (Å²) in [6.45, 7) is 39.8. The number of benzene rings is 16. The first kappa shape index (κ1) is 77.9. The van der Waals surface area contributed by atoms with Crippen molar-refractivity contribution in [3.8, 4) is 96.5 Å². The van der Waals surface area contributed by atoms with Gasteiger partial charge in [-0.1, -0.05) is 355 Å². The second-order valence-electron chi connectivity index (χ2n) is 43.5. The van der Waals surface area contributed by atoms with Gasteiger partial charge in [0, 0.05) is 105 Å². The zero-order chi connectivity index (χ0) is 102. The summed E-state index contributed by atoms with van der Waals surface area (Å²) in [4.78, 5) is 38.6. The summed E-state index contributed by atoms with van der Waals surface area (Å²) in [6, 6.07) is 104. The number of hydrogen-bond acceptors (Lipinski definition) is 8. The molecule has 2 aliphatic heterocycles. The summed E-state index contributed by atoms with van der Waals surface area (Å²) in [6.07, 6.45) is 0. The van der Waals surface area contributed by atoms with E-state index in [1.807, 2.05) is 127 Å². The van der Waals surface area contributed by atoms with Gasteiger partial charge >= 0.3 is 0 Å². The van der Waals surface area contributed by atoms with Crippen LogP contribution in [0.3, 0.4) is 0 Å². The number of nitrogens with zero attached hydrogens (tertiary/aromatic N) is 11. The first-order valence-corrected chi connectivity index (χ1v) is 47.9. The molecule has 23 rings (SSSR count). The van der Waals surface area contributed by atoms with Crippen LogP contribution in [0, 0.1) is 0 Å². The molecule has 0 atom stereocenters. The van der Waals surface area contributed by atoms with E-state index in [-0.39, 0.29) is 49.2 Å². The zero-order valence-corrected chi connectivity index (χ0v) is 81.4. The highest BCUT2D eigenvalue weighted by Crippen LogP contribution is 2.55. The van der Waals surface area contributed by atoms with Gasteiger partial charge in [0.05, 0.1) is 61.1 Å². The predicted molar refractivity (Wildman–Crippen MR) is 581 cm³/mol. The molecule has 0 spiro atoms. The van der Waals surface area contributed by atoms with Gasteiger partial charge in [0.1, 0.15) is 0 Å². The summed E-state index contributed by atoms with van der Waals surface area (Å²) >= 11 is 0. The topological polar surface area (TPSA) is 98.6 Å². The van der Waals surface area contributed by atoms with Gasteiger partial charge in [-0.05, 0) is 209 Å². The van der Waals surface area contributed by atoms with Crippen LogP contribution in [-0.2, 0) is 32.5 Å². The van der Waals surface area contributed by atoms with Crippen molar-refractivity contribution in [2.45, 2.75) is 157 Å². The van der Waals surface area contributed by atoms with Crippen LogP contribution in [0.25, 0.3) is 162 Å². The van der Waals surface area contributed by atoms with Crippen molar-refractivity contribution >= 4 is 123 Å². The van der Waals surface area contributed by atoms with Crippen LogP contribution < -0.4 is 26.2 Å². The third kappa shape index (κ3) is 14.8. The Morgan fingerprint density at radius 3 is 0.899 bits per heavy atom. The molecular formula is C126H112BN11. The minimum absolute atomic E-state index is 0.0578. The lowest BCUT2D eigenvalue weighted by Crippen LogP contribution is -2.61. The lowest BCUT2D eigenvalue weighted by Gasteiger charge is -2.46. The molecule has 21 aromatic rings. The van der Waals surface area contributed by atoms with Crippen molar-refractivity contribution in [2.75, 3.05) is 9.80 Å². The molecule has 0 fully saturated rings. The summed E-state index contributed by atoms with van der Waals surface area (Å²) in [5, 5.41) is 4.26. The van der Waals surface area contributed by atoms with Gasteiger partial charge in [-0.2, -0.15) is 0 Å². The number of aromatic nitrogens is 9. The molecule has 0 aliphatic carbocycles. The highest BCUT2D eigenvalue weighted by Gasteiger charge is 2.47. The average Bonchev–Trinajstić information content (AvgIpc) is 1.27. The van der Waals surface area contributed by atoms with Crippen molar-refractivity contribution in [3.05, 3.63) is 385 Å². The fourth-order valence-corrected chi connectivity index (χ4v) is 20.6. The Kier molecular flexibility index (Phi) is 18.1. The first-order chi connectivity index (χ1) is 69.5. The van der Waals surface area contributed by atoms with Gasteiger partial charge in [0.15, 0.2) is 34.9 Å². The summed E-state index contributed by atoms with van der Waals surface area (Å²) in [7, 11) is 0. The average molecular weight is 1800 g/mol. The van der Waals surface area contributed by atoms with Gasteiger partial charge in [0.25, 0.3) is 6.71 Å². The standard InChI is InChI=1S/C126H112BN11/c1-121(2,3)82-52-61-104-94(66-82)95-67-83(122(4,5)6)53-62-105(95)134(104)88-57-59-100-109(73-88)137(108-65-56-86(125(13,14)15)70-98(108)119-130-115(78-40-26-20-27-41-78)128-116(131-119)79-42-28-21-29-43-79)111-75-90(136-102-50-36-34-48-91(102)92-49-35-37-51-103(92)136)76-112-113(111)127(100)101-60-58-89(135-106-63-54-84(123(7,8)9)68-96(106)97-69-85(124(10,11)12)55-64-107(97)135)74-110(101)138(112)114-93(77-38-24-19-25-39-77)71-87(126(16,17)18)72-99(114)120-132-117(80-44-30-22-31-45-80)129-118(133-120)81-46-32-23-33-47-81/h19-76H,1-18H3/i34D,35D,36D,37D,48D,49D,50D,51D. The maximum Gasteiger partial charge on any atom is 0.252 e. The van der Waals surface area contributed by atoms with Crippen molar-refractivity contribution in [1.82, 2.24) is 43.6 Å². The number of hydrogen-bond donors (Lipinski definition) is 0. The number of rotatable bonds is 12. The fourth-order valence-electron chi connectivity index (χ4n) is 20.6. The van der Waals surface area contributed by atoms with E-state index in [0.29, 0.717) is 68.8 Å². The monoisotopic (exact) mass is 1800 g/mol. The van der Waals surface area contributed by atoms with E-state index in [1.54, 1.807) is 4.57 Å². The van der Waals surface area contributed by atoms with E-state index in [1.165, 1.54) is 22.3 Å². The summed E-state index contributed by atoms with van der Waals surface area (Å²) in [5.74, 6) is 2.51. The first-order valence-electron chi connectivity index (χ1n) is 51.9. The van der Waals surface area contributed by atoms with Crippen LogP contribution in [-0.4, -0.2) is 50.3 Å². The molecule has 0 unspecified atom stereocenters. The van der Waals surface area contributed by atoms with Crippen LogP contribution >= 0.6 is 0 Å². The molecule has 674 valence electrons. The quantitative estimate of drug-likeness (QED) is 0.112. The summed E-state index contributed by atoms with van der Waals surface area (Å²) in [5.41, 5.74) is 23.4. The van der Waals surface area contributed by atoms with Gasteiger partial charge in [0.2, 0.25) is 0 Å². The third-order valence-electron chi connectivity index (χ3n) is 28.1. The van der Waals surface area contributed by atoms with Crippen molar-refractivity contribution in [2.24, 2.45) is 0 Å². The van der Waals surface area contributed by atoms with Gasteiger partial charge in [-0.25, -0.2) is 29.9 Å². The second kappa shape index (κ2) is 32.1. The van der Waals surface area contributed by atoms with Crippen LogP contribution in [0.4, 0.5) is 34.1 Å². The highest BCUT2D eigenvalue weighted by molar-refractivity contribution is 7.00. The lowest BCUT2D eigenvalue weighted by molar-refractivity contribution is 0.590. The molecule has 0 N–H and O–H groups in total. The Balaban J connectivity index is 0.954. The van der Waals surface area contributed by atoms with Crippen molar-refractivity contribution < 1.29 is 11.0 Å². The fraction of sp³-hybridized carbons (Fsp3) is 0.190. The van der Waals surface area contributed by atoms with E-state index >= 15 is 0 Å². The third-order valence-corrected chi connectivity index (χ3v) is 28.1. The maximum atomic E-state index is 10.6. The molecule has 12 heteroatoms. The SMILES string of the molecule is [2H]c1c([2H])c([2H])c2c(c1[2H])c1c([2H])c([2H])c([2H])c([2H])c1n2-c1cc2c3c(c1)N(c1c(-c4ccccc4)cc(C(C)(C)C)cc1-c1nc(-c4ccccc4)nc(-c4ccccc4)n1)c1cc(-n4c5ccc(C(C)(C)C)cc5c5cc(C(C)(C)C)ccc54)ccc1B3c1ccc(-n3c4ccc(C(C)(C)C)cc4c4cc(C(C)(C)C)ccc43)cc1N2c1ccc(C(C)(C)C)cc1-c1nc(-c2ccccc2)nc(-c2ccccc2)n1. The Morgan fingerprint density at radius 2 is 0.522 bits per heavy atom. The number of para-hydroxylation sites is 2. The van der Waals surface area contributed by atoms with Crippen LogP contribution in [0.15, 0.2) is 352 Å². The Morgan fingerprint density at radius 1 is 0.225 bits per heavy atom. The molecule has 2 aliphatic rings. The van der Waals surface area contributed by atoms with Gasteiger partial charge in [-0.15, -0.1) is 0 Å². The molecule has 5 aromatic heterocycles. The largest absolute Gasteiger partial charge is 0.311 e. The highest BCUT2D eigenvalue weighted by atomic mass is 15.2. The molecular weight excluding hydrogens is 1680 g/mol. The molecule has 7 heterocycles. The number of anilines is 6. The maximum absolute atomic E-state index is 10.6. The second-order valence-corrected chi connectivity index (χ2v) is 43.5. The van der Waals surface area contributed by atoms with Gasteiger partial charge < -0.3 is 23.5 Å². The van der Waals surface area contributed by atoms with Gasteiger partial charge in [-0.3, -0.25) is 0 Å². The Bertz CT molecular complexity index is 8690. The van der Waals surface area contributed by atoms with E-state index in [9.17, 15) is 11.0 Å². The zero-order valence-electron chi connectivity index (χ0n) is 89.4. The normalized spacial score (nSPS) is 13.9. The Labute approximate surface area is 820 Å². The van der Waals surface area contributed by atoms with E-state index < -0.39 is 65.9 Å². The molecule has 138 heavy (non-hydrogen) atoms. The van der Waals surface area contributed by atoms with E-state index in [2.05, 4.69) is 319 Å². The molecule has 0 saturated heterocycles. The van der Waals surface area contributed by atoms with Crippen LogP contribution in [0.5, 0.6) is 0 Å². The van der Waals surface area contributed by atoms with Crippen LogP contribution in [0.2, 0.25) is 0 Å². The van der Waals surface area contributed by atoms with Crippen molar-refractivity contribution in [1.29, 1.82) is 0 Å². The Hall–Kier alpha value is -15.4. The van der Waals surface area contributed by atoms with Crippen molar-refractivity contribution in [3.63, 3.8) is 0 Å². The smallest absolute Gasteiger partial charge is 0.252 e. The van der Waals surface area contributed by atoms with Crippen LogP contribution in [0.1, 0.15) is 169 Å². The minimum atomic E-state index is -0.723. The van der Waals surface area contributed by atoms with E-state index in [4.69, 9.17) is 29.9 Å². The molecule has 16 aromatic carbocycles.